The van der Waals surface area contributed by atoms with Gasteiger partial charge in [0.1, 0.15) is 0 Å². The zero-order chi connectivity index (χ0) is 14.4. The Bertz CT molecular complexity index is 175. The molecule has 0 saturated carbocycles. The van der Waals surface area contributed by atoms with Crippen LogP contribution in [0.5, 0.6) is 0 Å². The number of unbranched alkanes of at least 4 members (excludes halogenated alkanes) is 9. The Balaban J connectivity index is 2.99. The molecule has 0 heterocycles. The van der Waals surface area contributed by atoms with Crippen molar-refractivity contribution in [3.8, 4) is 0 Å². The van der Waals surface area contributed by atoms with Crippen LogP contribution >= 0.6 is 11.8 Å². The number of rotatable bonds is 14. The van der Waals surface area contributed by atoms with Crippen molar-refractivity contribution >= 4 is 19.8 Å². The Labute approximate surface area is 128 Å². The number of hydrogen-bond acceptors (Lipinski definition) is 1. The molecule has 0 nitrogen and oxygen atoms in total. The van der Waals surface area contributed by atoms with E-state index in [1.54, 1.807) is 0 Å². The minimum atomic E-state index is -0.778. The zero-order valence-corrected chi connectivity index (χ0v) is 15.9. The van der Waals surface area contributed by atoms with Crippen molar-refractivity contribution in [2.45, 2.75) is 96.8 Å². The predicted octanol–water partition coefficient (Wildman–Crippen LogP) is 6.98. The summed E-state index contributed by atoms with van der Waals surface area (Å²) in [6, 6.07) is 1.50. The van der Waals surface area contributed by atoms with E-state index in [0.717, 1.165) is 0 Å². The lowest BCUT2D eigenvalue weighted by molar-refractivity contribution is 0.563. The van der Waals surface area contributed by atoms with Crippen LogP contribution in [0.4, 0.5) is 0 Å². The molecule has 19 heavy (non-hydrogen) atoms. The highest BCUT2D eigenvalue weighted by molar-refractivity contribution is 7.99. The van der Waals surface area contributed by atoms with E-state index in [4.69, 9.17) is 0 Å². The molecule has 0 radical (unpaired) electrons. The molecule has 0 amide bonds. The van der Waals surface area contributed by atoms with Crippen LogP contribution in [0, 0.1) is 0 Å². The molecule has 116 valence electrons. The molecule has 0 aliphatic heterocycles. The van der Waals surface area contributed by atoms with E-state index in [1.807, 2.05) is 0 Å². The van der Waals surface area contributed by atoms with Gasteiger partial charge in [-0.2, -0.15) is 11.8 Å². The quantitative estimate of drug-likeness (QED) is 0.246. The third-order valence-electron chi connectivity index (χ3n) is 3.64. The Hall–Kier alpha value is 0.567. The Morgan fingerprint density at radius 1 is 0.632 bits per heavy atom. The van der Waals surface area contributed by atoms with Gasteiger partial charge >= 0.3 is 0 Å². The molecule has 0 aliphatic carbocycles. The molecule has 0 saturated heterocycles. The summed E-state index contributed by atoms with van der Waals surface area (Å²) < 4.78 is 0. The third kappa shape index (κ3) is 18.6. The molecule has 0 atom stereocenters. The molecule has 0 N–H and O–H groups in total. The van der Waals surface area contributed by atoms with Gasteiger partial charge in [0.05, 0.1) is 0 Å². The van der Waals surface area contributed by atoms with E-state index in [0.29, 0.717) is 0 Å². The molecule has 0 bridgehead atoms. The van der Waals surface area contributed by atoms with E-state index in [-0.39, 0.29) is 0 Å². The van der Waals surface area contributed by atoms with Crippen LogP contribution in [0.25, 0.3) is 0 Å². The van der Waals surface area contributed by atoms with Gasteiger partial charge in [-0.25, -0.2) is 0 Å². The Morgan fingerprint density at radius 2 is 1.11 bits per heavy atom. The lowest BCUT2D eigenvalue weighted by atomic mass is 10.1. The average molecular weight is 303 g/mol. The average Bonchev–Trinajstić information content (AvgIpc) is 2.34. The first-order valence-corrected chi connectivity index (χ1v) is 13.5. The highest BCUT2D eigenvalue weighted by atomic mass is 32.2. The third-order valence-corrected chi connectivity index (χ3v) is 6.82. The zero-order valence-electron chi connectivity index (χ0n) is 14.1. The summed E-state index contributed by atoms with van der Waals surface area (Å²) in [6.45, 7) is 9.73. The van der Waals surface area contributed by atoms with Crippen molar-refractivity contribution in [1.82, 2.24) is 0 Å². The van der Waals surface area contributed by atoms with Crippen molar-refractivity contribution in [3.63, 3.8) is 0 Å². The maximum Gasteiger partial charge on any atom is 0.0450 e. The lowest BCUT2D eigenvalue weighted by Crippen LogP contribution is -2.19. The van der Waals surface area contributed by atoms with Crippen LogP contribution in [0.1, 0.15) is 71.1 Å². The SMILES string of the molecule is CCCCCCCCCCCCSCC[Si](C)(C)C. The van der Waals surface area contributed by atoms with Gasteiger partial charge in [0.25, 0.3) is 0 Å². The topological polar surface area (TPSA) is 0 Å². The molecule has 2 heteroatoms. The van der Waals surface area contributed by atoms with Gasteiger partial charge in [-0.15, -0.1) is 0 Å². The second-order valence-corrected chi connectivity index (χ2v) is 14.0. The van der Waals surface area contributed by atoms with Gasteiger partial charge in [0, 0.05) is 8.07 Å². The minimum Gasteiger partial charge on any atom is -0.162 e. The first kappa shape index (κ1) is 19.6. The van der Waals surface area contributed by atoms with Crippen molar-refractivity contribution < 1.29 is 0 Å². The second-order valence-electron chi connectivity index (χ2n) is 7.11. The molecule has 0 aliphatic rings. The van der Waals surface area contributed by atoms with Crippen molar-refractivity contribution in [3.05, 3.63) is 0 Å². The fraction of sp³-hybridized carbons (Fsp3) is 1.00. The lowest BCUT2D eigenvalue weighted by Gasteiger charge is -2.14. The minimum absolute atomic E-state index is 0.778. The smallest absolute Gasteiger partial charge is 0.0450 e. The molecule has 0 aromatic rings. The van der Waals surface area contributed by atoms with E-state index < -0.39 is 8.07 Å². The molecule has 0 unspecified atom stereocenters. The summed E-state index contributed by atoms with van der Waals surface area (Å²) in [5.41, 5.74) is 0. The summed E-state index contributed by atoms with van der Waals surface area (Å²) in [5.74, 6) is 2.81. The summed E-state index contributed by atoms with van der Waals surface area (Å²) >= 11 is 2.19. The molecule has 0 aromatic carbocycles. The predicted molar refractivity (Wildman–Crippen MR) is 97.3 cm³/mol. The number of thioether (sulfide) groups is 1. The van der Waals surface area contributed by atoms with E-state index in [1.165, 1.54) is 81.8 Å². The maximum atomic E-state index is 2.48. The van der Waals surface area contributed by atoms with Crippen LogP contribution < -0.4 is 0 Å². The van der Waals surface area contributed by atoms with Gasteiger partial charge in [0.15, 0.2) is 0 Å². The highest BCUT2D eigenvalue weighted by Crippen LogP contribution is 2.16. The van der Waals surface area contributed by atoms with Crippen LogP contribution in [-0.4, -0.2) is 19.6 Å². The van der Waals surface area contributed by atoms with Crippen LogP contribution in [0.3, 0.4) is 0 Å². The van der Waals surface area contributed by atoms with Crippen molar-refractivity contribution in [2.24, 2.45) is 0 Å². The van der Waals surface area contributed by atoms with Gasteiger partial charge in [-0.1, -0.05) is 84.4 Å². The summed E-state index contributed by atoms with van der Waals surface area (Å²) in [4.78, 5) is 0. The molecule has 0 aromatic heterocycles. The fourth-order valence-corrected chi connectivity index (χ4v) is 5.81. The second kappa shape index (κ2) is 13.5. The highest BCUT2D eigenvalue weighted by Gasteiger charge is 2.11. The van der Waals surface area contributed by atoms with Crippen molar-refractivity contribution in [1.29, 1.82) is 0 Å². The van der Waals surface area contributed by atoms with Crippen molar-refractivity contribution in [2.75, 3.05) is 11.5 Å². The van der Waals surface area contributed by atoms with E-state index >= 15 is 0 Å². The molecule has 0 fully saturated rings. The normalized spacial score (nSPS) is 12.0. The van der Waals surface area contributed by atoms with Crippen LogP contribution in [0.15, 0.2) is 0 Å². The summed E-state index contributed by atoms with van der Waals surface area (Å²) in [6.07, 6.45) is 14.6. The first-order valence-electron chi connectivity index (χ1n) is 8.64. The van der Waals surface area contributed by atoms with Gasteiger partial charge in [0.2, 0.25) is 0 Å². The van der Waals surface area contributed by atoms with Crippen LogP contribution in [0.2, 0.25) is 25.7 Å². The van der Waals surface area contributed by atoms with E-state index in [9.17, 15) is 0 Å². The molecular formula is C17H38SSi. The Kier molecular flexibility index (Phi) is 13.9. The molecule has 0 spiro atoms. The fourth-order valence-electron chi connectivity index (χ4n) is 2.17. The first-order chi connectivity index (χ1) is 9.06. The molecular weight excluding hydrogens is 264 g/mol. The van der Waals surface area contributed by atoms with Gasteiger partial charge in [-0.3, -0.25) is 0 Å². The largest absolute Gasteiger partial charge is 0.162 e. The van der Waals surface area contributed by atoms with Gasteiger partial charge in [-0.05, 0) is 24.0 Å². The van der Waals surface area contributed by atoms with E-state index in [2.05, 4.69) is 38.3 Å². The summed E-state index contributed by atoms with van der Waals surface area (Å²) in [7, 11) is -0.778. The maximum absolute atomic E-state index is 2.48. The number of hydrogen-bond donors (Lipinski definition) is 0. The molecule has 0 rings (SSSR count). The standard InChI is InChI=1S/C17H38SSi/c1-5-6-7-8-9-10-11-12-13-14-15-18-16-17-19(2,3)4/h5-17H2,1-4H3. The van der Waals surface area contributed by atoms with Crippen LogP contribution in [-0.2, 0) is 0 Å². The van der Waals surface area contributed by atoms with Gasteiger partial charge < -0.3 is 0 Å². The summed E-state index contributed by atoms with van der Waals surface area (Å²) in [5, 5.41) is 0. The monoisotopic (exact) mass is 302 g/mol. The Morgan fingerprint density at radius 3 is 1.58 bits per heavy atom.